The highest BCUT2D eigenvalue weighted by Gasteiger charge is 2.13. The quantitative estimate of drug-likeness (QED) is 0.609. The maximum atomic E-state index is 12.0. The first-order valence-electron chi connectivity index (χ1n) is 8.98. The van der Waals surface area contributed by atoms with Crippen molar-refractivity contribution in [1.82, 2.24) is 20.4 Å². The monoisotopic (exact) mass is 394 g/mol. The van der Waals surface area contributed by atoms with E-state index in [0.717, 1.165) is 5.56 Å². The summed E-state index contributed by atoms with van der Waals surface area (Å²) >= 11 is 0. The van der Waals surface area contributed by atoms with Gasteiger partial charge < -0.3 is 24.1 Å². The lowest BCUT2D eigenvalue weighted by Gasteiger charge is -2.00. The molecule has 1 amide bonds. The molecule has 2 aromatic heterocycles. The van der Waals surface area contributed by atoms with Crippen LogP contribution in [0.15, 0.2) is 47.1 Å². The van der Waals surface area contributed by atoms with Crippen molar-refractivity contribution in [3.63, 3.8) is 0 Å². The molecular formula is C20H18N4O5. The lowest BCUT2D eigenvalue weighted by molar-refractivity contribution is -0.116. The van der Waals surface area contributed by atoms with Gasteiger partial charge in [0.15, 0.2) is 11.5 Å². The number of fused-ring (bicyclic) bond motifs is 1. The number of hydrogen-bond acceptors (Lipinski definition) is 8. The van der Waals surface area contributed by atoms with Gasteiger partial charge in [-0.2, -0.15) is 4.98 Å². The van der Waals surface area contributed by atoms with Crippen LogP contribution in [0, 0.1) is 0 Å². The normalized spacial score (nSPS) is 12.3. The maximum absolute atomic E-state index is 12.0. The predicted molar refractivity (Wildman–Crippen MR) is 102 cm³/mol. The van der Waals surface area contributed by atoms with Gasteiger partial charge in [-0.1, -0.05) is 11.2 Å². The van der Waals surface area contributed by atoms with Gasteiger partial charge in [-0.25, -0.2) is 4.98 Å². The lowest BCUT2D eigenvalue weighted by Crippen LogP contribution is -2.20. The number of nitrogens with one attached hydrogen (secondary N) is 1. The van der Waals surface area contributed by atoms with Gasteiger partial charge in [0, 0.05) is 23.9 Å². The topological polar surface area (TPSA) is 109 Å². The molecule has 0 saturated carbocycles. The maximum Gasteiger partial charge on any atom is 0.246 e. The largest absolute Gasteiger partial charge is 0.478 e. The van der Waals surface area contributed by atoms with Crippen LogP contribution in [-0.2, 0) is 11.3 Å². The molecule has 1 aliphatic rings. The number of benzene rings is 1. The van der Waals surface area contributed by atoms with Gasteiger partial charge in [-0.15, -0.1) is 0 Å². The fraction of sp³-hybridized carbons (Fsp3) is 0.200. The summed E-state index contributed by atoms with van der Waals surface area (Å²) in [5.74, 6) is 2.28. The van der Waals surface area contributed by atoms with Crippen LogP contribution in [0.4, 0.5) is 0 Å². The number of ether oxygens (including phenoxy) is 3. The lowest BCUT2D eigenvalue weighted by atomic mass is 10.2. The highest BCUT2D eigenvalue weighted by atomic mass is 16.7. The van der Waals surface area contributed by atoms with E-state index in [-0.39, 0.29) is 19.2 Å². The standard InChI is InChI=1S/C20H18N4O5/c1-2-26-18-8-5-14(10-22-18)20-23-19(29-24-20)11-21-17(25)7-4-13-3-6-15-16(9-13)28-12-27-15/h3-10H,2,11-12H2,1H3,(H,21,25)/b7-4+. The van der Waals surface area contributed by atoms with E-state index in [1.165, 1.54) is 6.08 Å². The van der Waals surface area contributed by atoms with Crippen molar-refractivity contribution in [3.8, 4) is 28.8 Å². The zero-order valence-corrected chi connectivity index (χ0v) is 15.6. The minimum absolute atomic E-state index is 0.113. The van der Waals surface area contributed by atoms with Crippen LogP contribution in [0.25, 0.3) is 17.5 Å². The summed E-state index contributed by atoms with van der Waals surface area (Å²) in [7, 11) is 0. The third-order valence-electron chi connectivity index (χ3n) is 3.99. The third kappa shape index (κ3) is 4.52. The van der Waals surface area contributed by atoms with E-state index in [0.29, 0.717) is 41.3 Å². The minimum atomic E-state index is -0.287. The summed E-state index contributed by atoms with van der Waals surface area (Å²) in [6.07, 6.45) is 4.71. The summed E-state index contributed by atoms with van der Waals surface area (Å²) < 4.78 is 21.0. The van der Waals surface area contributed by atoms with Crippen molar-refractivity contribution < 1.29 is 23.5 Å². The molecule has 1 aliphatic heterocycles. The Hall–Kier alpha value is -3.88. The zero-order valence-electron chi connectivity index (χ0n) is 15.6. The van der Waals surface area contributed by atoms with Gasteiger partial charge in [-0.3, -0.25) is 4.79 Å². The van der Waals surface area contributed by atoms with Crippen LogP contribution in [0.3, 0.4) is 0 Å². The van der Waals surface area contributed by atoms with Crippen molar-refractivity contribution in [2.45, 2.75) is 13.5 Å². The van der Waals surface area contributed by atoms with Crippen molar-refractivity contribution in [2.24, 2.45) is 0 Å². The van der Waals surface area contributed by atoms with E-state index >= 15 is 0 Å². The molecule has 0 bridgehead atoms. The van der Waals surface area contributed by atoms with Gasteiger partial charge in [0.1, 0.15) is 0 Å². The molecule has 148 valence electrons. The first kappa shape index (κ1) is 18.5. The van der Waals surface area contributed by atoms with Crippen LogP contribution < -0.4 is 19.5 Å². The Kier molecular flexibility index (Phi) is 5.37. The number of pyridine rings is 1. The SMILES string of the molecule is CCOc1ccc(-c2noc(CNC(=O)/C=C/c3ccc4c(c3)OCO4)n2)cn1. The number of amides is 1. The summed E-state index contributed by atoms with van der Waals surface area (Å²) in [5, 5.41) is 6.60. The van der Waals surface area contributed by atoms with E-state index in [1.54, 1.807) is 36.5 Å². The average molecular weight is 394 g/mol. The van der Waals surface area contributed by atoms with E-state index < -0.39 is 0 Å². The number of carbonyl (C=O) groups excluding carboxylic acids is 1. The summed E-state index contributed by atoms with van der Waals surface area (Å²) in [6, 6.07) is 8.97. The number of rotatable bonds is 7. The molecule has 0 unspecified atom stereocenters. The predicted octanol–water partition coefficient (Wildman–Crippen LogP) is 2.59. The Labute approximate surface area is 166 Å². The summed E-state index contributed by atoms with van der Waals surface area (Å²) in [6.45, 7) is 2.75. The Bertz CT molecular complexity index is 1030. The summed E-state index contributed by atoms with van der Waals surface area (Å²) in [5.41, 5.74) is 1.52. The van der Waals surface area contributed by atoms with Crippen LogP contribution >= 0.6 is 0 Å². The fourth-order valence-electron chi connectivity index (χ4n) is 2.60. The Morgan fingerprint density at radius 3 is 2.97 bits per heavy atom. The third-order valence-corrected chi connectivity index (χ3v) is 3.99. The molecule has 0 aliphatic carbocycles. The van der Waals surface area contributed by atoms with E-state index in [2.05, 4.69) is 20.4 Å². The second-order valence-corrected chi connectivity index (χ2v) is 5.99. The summed E-state index contributed by atoms with van der Waals surface area (Å²) in [4.78, 5) is 20.5. The molecule has 29 heavy (non-hydrogen) atoms. The number of nitrogens with zero attached hydrogens (tertiary/aromatic N) is 3. The highest BCUT2D eigenvalue weighted by Crippen LogP contribution is 2.32. The number of hydrogen-bond donors (Lipinski definition) is 1. The Morgan fingerprint density at radius 2 is 2.14 bits per heavy atom. The van der Waals surface area contributed by atoms with E-state index in [4.69, 9.17) is 18.7 Å². The van der Waals surface area contributed by atoms with Crippen LogP contribution in [0.1, 0.15) is 18.4 Å². The van der Waals surface area contributed by atoms with Gasteiger partial charge in [-0.05, 0) is 36.8 Å². The van der Waals surface area contributed by atoms with Crippen molar-refractivity contribution >= 4 is 12.0 Å². The molecule has 0 spiro atoms. The Balaban J connectivity index is 1.31. The van der Waals surface area contributed by atoms with Crippen molar-refractivity contribution in [1.29, 1.82) is 0 Å². The number of aromatic nitrogens is 3. The number of carbonyl (C=O) groups is 1. The fourth-order valence-corrected chi connectivity index (χ4v) is 2.60. The second-order valence-electron chi connectivity index (χ2n) is 5.99. The molecule has 1 aromatic carbocycles. The first-order valence-corrected chi connectivity index (χ1v) is 8.98. The molecule has 1 N–H and O–H groups in total. The average Bonchev–Trinajstić information content (AvgIpc) is 3.40. The van der Waals surface area contributed by atoms with Gasteiger partial charge >= 0.3 is 0 Å². The first-order chi connectivity index (χ1) is 14.2. The van der Waals surface area contributed by atoms with Gasteiger partial charge in [0.05, 0.1) is 13.2 Å². The molecule has 9 heteroatoms. The molecular weight excluding hydrogens is 376 g/mol. The molecule has 4 rings (SSSR count). The molecule has 9 nitrogen and oxygen atoms in total. The van der Waals surface area contributed by atoms with E-state index in [1.807, 2.05) is 13.0 Å². The van der Waals surface area contributed by atoms with Gasteiger partial charge in [0.25, 0.3) is 0 Å². The highest BCUT2D eigenvalue weighted by molar-refractivity contribution is 5.91. The van der Waals surface area contributed by atoms with Gasteiger partial charge in [0.2, 0.25) is 30.3 Å². The Morgan fingerprint density at radius 1 is 1.24 bits per heavy atom. The molecule has 3 heterocycles. The van der Waals surface area contributed by atoms with Crippen molar-refractivity contribution in [3.05, 3.63) is 54.1 Å². The molecule has 0 saturated heterocycles. The zero-order chi connectivity index (χ0) is 20.1. The second kappa shape index (κ2) is 8.42. The van der Waals surface area contributed by atoms with Crippen LogP contribution in [0.2, 0.25) is 0 Å². The molecule has 0 fully saturated rings. The molecule has 0 atom stereocenters. The minimum Gasteiger partial charge on any atom is -0.478 e. The molecule has 3 aromatic rings. The van der Waals surface area contributed by atoms with Crippen molar-refractivity contribution in [2.75, 3.05) is 13.4 Å². The molecule has 0 radical (unpaired) electrons. The smallest absolute Gasteiger partial charge is 0.246 e. The van der Waals surface area contributed by atoms with Crippen LogP contribution in [-0.4, -0.2) is 34.4 Å². The van der Waals surface area contributed by atoms with Crippen LogP contribution in [0.5, 0.6) is 17.4 Å². The van der Waals surface area contributed by atoms with E-state index in [9.17, 15) is 4.79 Å².